The van der Waals surface area contributed by atoms with E-state index in [1.165, 1.54) is 6.07 Å². The molecule has 1 heterocycles. The van der Waals surface area contributed by atoms with Crippen molar-refractivity contribution in [3.63, 3.8) is 0 Å². The molecule has 0 N–H and O–H groups in total. The van der Waals surface area contributed by atoms with Gasteiger partial charge in [0, 0.05) is 17.0 Å². The van der Waals surface area contributed by atoms with Gasteiger partial charge >= 0.3 is 5.63 Å². The van der Waals surface area contributed by atoms with Crippen LogP contribution in [0.5, 0.6) is 5.75 Å². The summed E-state index contributed by atoms with van der Waals surface area (Å²) in [5.41, 5.74) is 0.189. The zero-order valence-corrected chi connectivity index (χ0v) is 11.0. The van der Waals surface area contributed by atoms with Gasteiger partial charge in [-0.15, -0.1) is 0 Å². The Balaban J connectivity index is 2.31. The molecule has 0 spiro atoms. The van der Waals surface area contributed by atoms with E-state index in [9.17, 15) is 9.59 Å². The minimum atomic E-state index is -0.525. The molecule has 0 unspecified atom stereocenters. The molecular formula is C15H16O4. The predicted octanol–water partition coefficient (Wildman–Crippen LogP) is 3.03. The van der Waals surface area contributed by atoms with E-state index in [0.717, 1.165) is 6.42 Å². The average molecular weight is 260 g/mol. The summed E-state index contributed by atoms with van der Waals surface area (Å²) in [4.78, 5) is 22.2. The van der Waals surface area contributed by atoms with E-state index in [0.29, 0.717) is 41.1 Å². The van der Waals surface area contributed by atoms with Crippen molar-refractivity contribution in [2.75, 3.05) is 6.61 Å². The second kappa shape index (κ2) is 5.69. The largest absolute Gasteiger partial charge is 0.494 e. The van der Waals surface area contributed by atoms with Crippen LogP contribution in [0.4, 0.5) is 0 Å². The quantitative estimate of drug-likeness (QED) is 0.612. The fourth-order valence-electron chi connectivity index (χ4n) is 1.77. The molecule has 1 aromatic heterocycles. The third-order valence-electron chi connectivity index (χ3n) is 2.84. The van der Waals surface area contributed by atoms with E-state index in [1.807, 2.05) is 0 Å². The molecule has 0 aliphatic rings. The lowest BCUT2D eigenvalue weighted by molar-refractivity contribution is 0.112. The highest BCUT2D eigenvalue weighted by molar-refractivity contribution is 5.95. The van der Waals surface area contributed by atoms with E-state index in [4.69, 9.17) is 9.15 Å². The molecule has 0 saturated carbocycles. The molecular weight excluding hydrogens is 244 g/mol. The van der Waals surface area contributed by atoms with Crippen molar-refractivity contribution in [3.05, 3.63) is 40.2 Å². The highest BCUT2D eigenvalue weighted by Crippen LogP contribution is 2.22. The minimum absolute atomic E-state index is 0.320. The maximum Gasteiger partial charge on any atom is 0.336 e. The van der Waals surface area contributed by atoms with Gasteiger partial charge in [0.05, 0.1) is 6.61 Å². The van der Waals surface area contributed by atoms with Crippen molar-refractivity contribution in [2.24, 2.45) is 5.92 Å². The number of carbonyl (C=O) groups excluding carboxylic acids is 1. The van der Waals surface area contributed by atoms with Gasteiger partial charge in [0.15, 0.2) is 6.29 Å². The molecule has 0 aliphatic heterocycles. The SMILES string of the molecule is CC(C)CCOc1ccc2oc(=O)cc(C=O)c2c1. The Bertz CT molecular complexity index is 640. The van der Waals surface area contributed by atoms with Gasteiger partial charge in [0.1, 0.15) is 11.3 Å². The Morgan fingerprint density at radius 3 is 2.79 bits per heavy atom. The number of rotatable bonds is 5. The maximum absolute atomic E-state index is 11.2. The van der Waals surface area contributed by atoms with Crippen molar-refractivity contribution in [3.8, 4) is 5.75 Å². The Morgan fingerprint density at radius 1 is 1.32 bits per heavy atom. The molecule has 4 nitrogen and oxygen atoms in total. The highest BCUT2D eigenvalue weighted by Gasteiger charge is 2.06. The van der Waals surface area contributed by atoms with Crippen LogP contribution in [0.15, 0.2) is 33.5 Å². The minimum Gasteiger partial charge on any atom is -0.494 e. The van der Waals surface area contributed by atoms with E-state index < -0.39 is 5.63 Å². The Morgan fingerprint density at radius 2 is 2.11 bits per heavy atom. The monoisotopic (exact) mass is 260 g/mol. The number of fused-ring (bicyclic) bond motifs is 1. The summed E-state index contributed by atoms with van der Waals surface area (Å²) in [7, 11) is 0. The number of carbonyl (C=O) groups is 1. The first-order valence-corrected chi connectivity index (χ1v) is 6.26. The van der Waals surface area contributed by atoms with Gasteiger partial charge < -0.3 is 9.15 Å². The molecule has 0 aliphatic carbocycles. The first kappa shape index (κ1) is 13.3. The lowest BCUT2D eigenvalue weighted by atomic mass is 10.1. The third kappa shape index (κ3) is 3.22. The summed E-state index contributed by atoms with van der Waals surface area (Å²) < 4.78 is 10.7. The van der Waals surface area contributed by atoms with Gasteiger partial charge in [0.2, 0.25) is 0 Å². The summed E-state index contributed by atoms with van der Waals surface area (Å²) in [6.07, 6.45) is 1.61. The maximum atomic E-state index is 11.2. The van der Waals surface area contributed by atoms with Crippen LogP contribution in [0, 0.1) is 5.92 Å². The second-order valence-corrected chi connectivity index (χ2v) is 4.83. The number of ether oxygens (including phenoxy) is 1. The molecule has 2 aromatic rings. The van der Waals surface area contributed by atoms with Crippen LogP contribution in [0.2, 0.25) is 0 Å². The normalized spacial score (nSPS) is 10.9. The van der Waals surface area contributed by atoms with Crippen molar-refractivity contribution < 1.29 is 13.9 Å². The topological polar surface area (TPSA) is 56.5 Å². The molecule has 19 heavy (non-hydrogen) atoms. The van der Waals surface area contributed by atoms with Crippen molar-refractivity contribution in [2.45, 2.75) is 20.3 Å². The zero-order valence-electron chi connectivity index (χ0n) is 11.0. The van der Waals surface area contributed by atoms with Crippen molar-refractivity contribution >= 4 is 17.3 Å². The molecule has 0 amide bonds. The highest BCUT2D eigenvalue weighted by atomic mass is 16.5. The Labute approximate surface area is 111 Å². The summed E-state index contributed by atoms with van der Waals surface area (Å²) in [5.74, 6) is 1.24. The Kier molecular flexibility index (Phi) is 4.00. The number of hydrogen-bond acceptors (Lipinski definition) is 4. The van der Waals surface area contributed by atoms with Crippen LogP contribution in [0.3, 0.4) is 0 Å². The molecule has 0 fully saturated rings. The fourth-order valence-corrected chi connectivity index (χ4v) is 1.77. The molecule has 0 bridgehead atoms. The van der Waals surface area contributed by atoms with E-state index >= 15 is 0 Å². The summed E-state index contributed by atoms with van der Waals surface area (Å²) >= 11 is 0. The van der Waals surface area contributed by atoms with Crippen molar-refractivity contribution in [1.82, 2.24) is 0 Å². The molecule has 0 atom stereocenters. The van der Waals surface area contributed by atoms with Gasteiger partial charge in [0.25, 0.3) is 0 Å². The molecule has 100 valence electrons. The zero-order chi connectivity index (χ0) is 13.8. The van der Waals surface area contributed by atoms with Crippen LogP contribution in [0.1, 0.15) is 30.6 Å². The standard InChI is InChI=1S/C15H16O4/c1-10(2)5-6-18-12-3-4-14-13(8-12)11(9-16)7-15(17)19-14/h3-4,7-10H,5-6H2,1-2H3. The van der Waals surface area contributed by atoms with Gasteiger partial charge in [-0.1, -0.05) is 13.8 Å². The molecule has 4 heteroatoms. The van der Waals surface area contributed by atoms with Crippen LogP contribution < -0.4 is 10.4 Å². The molecule has 2 rings (SSSR count). The van der Waals surface area contributed by atoms with Gasteiger partial charge in [-0.25, -0.2) is 4.79 Å². The fraction of sp³-hybridized carbons (Fsp3) is 0.333. The summed E-state index contributed by atoms with van der Waals surface area (Å²) in [6, 6.07) is 6.30. The van der Waals surface area contributed by atoms with E-state index in [-0.39, 0.29) is 0 Å². The predicted molar refractivity (Wildman–Crippen MR) is 72.8 cm³/mol. The summed E-state index contributed by atoms with van der Waals surface area (Å²) in [5, 5.41) is 0.594. The van der Waals surface area contributed by atoms with Crippen LogP contribution in [0.25, 0.3) is 11.0 Å². The third-order valence-corrected chi connectivity index (χ3v) is 2.84. The van der Waals surface area contributed by atoms with E-state index in [2.05, 4.69) is 13.8 Å². The lowest BCUT2D eigenvalue weighted by Crippen LogP contribution is -2.02. The lowest BCUT2D eigenvalue weighted by Gasteiger charge is -2.09. The number of aldehydes is 1. The van der Waals surface area contributed by atoms with Crippen LogP contribution >= 0.6 is 0 Å². The molecule has 0 saturated heterocycles. The van der Waals surface area contributed by atoms with Crippen LogP contribution in [-0.2, 0) is 0 Å². The first-order valence-electron chi connectivity index (χ1n) is 6.26. The van der Waals surface area contributed by atoms with Crippen molar-refractivity contribution in [1.29, 1.82) is 0 Å². The van der Waals surface area contributed by atoms with Gasteiger partial charge in [-0.3, -0.25) is 4.79 Å². The average Bonchev–Trinajstić information content (AvgIpc) is 2.37. The van der Waals surface area contributed by atoms with Gasteiger partial charge in [-0.05, 0) is 30.5 Å². The van der Waals surface area contributed by atoms with E-state index in [1.54, 1.807) is 18.2 Å². The van der Waals surface area contributed by atoms with Gasteiger partial charge in [-0.2, -0.15) is 0 Å². The number of hydrogen-bond donors (Lipinski definition) is 0. The summed E-state index contributed by atoms with van der Waals surface area (Å²) in [6.45, 7) is 4.88. The second-order valence-electron chi connectivity index (χ2n) is 4.83. The Hall–Kier alpha value is -2.10. The number of benzene rings is 1. The first-order chi connectivity index (χ1) is 9.10. The van der Waals surface area contributed by atoms with Crippen LogP contribution in [-0.4, -0.2) is 12.9 Å². The molecule has 1 aromatic carbocycles. The smallest absolute Gasteiger partial charge is 0.336 e. The molecule has 0 radical (unpaired) electrons.